The van der Waals surface area contributed by atoms with E-state index in [0.717, 1.165) is 54.6 Å². The predicted octanol–water partition coefficient (Wildman–Crippen LogP) is 5.36. The van der Waals surface area contributed by atoms with E-state index < -0.39 is 23.4 Å². The largest absolute Gasteiger partial charge is 0.489 e. The number of carboxylic acids is 1. The van der Waals surface area contributed by atoms with Crippen LogP contribution in [-0.4, -0.2) is 62.9 Å². The van der Waals surface area contributed by atoms with Crippen LogP contribution in [-0.2, 0) is 11.0 Å². The number of ether oxygens (including phenoxy) is 1. The number of nitrogens with zero attached hydrogens (tertiary/aromatic N) is 4. The summed E-state index contributed by atoms with van der Waals surface area (Å²) in [6.07, 6.45) is 0.874. The van der Waals surface area contributed by atoms with Crippen molar-refractivity contribution in [3.63, 3.8) is 0 Å². The van der Waals surface area contributed by atoms with E-state index >= 15 is 0 Å². The Morgan fingerprint density at radius 1 is 1.12 bits per heavy atom. The molecule has 1 aromatic carbocycles. The maximum absolute atomic E-state index is 13.8. The van der Waals surface area contributed by atoms with Gasteiger partial charge in [0.25, 0.3) is 0 Å². The Morgan fingerprint density at radius 2 is 1.86 bits per heavy atom. The van der Waals surface area contributed by atoms with Gasteiger partial charge >= 0.3 is 12.1 Å². The Labute approximate surface area is 247 Å². The molecule has 1 saturated heterocycles. The number of pyridine rings is 1. The van der Waals surface area contributed by atoms with E-state index in [4.69, 9.17) is 10.5 Å². The van der Waals surface area contributed by atoms with Gasteiger partial charge < -0.3 is 20.5 Å². The SMILES string of the molecule is Cc1cc(C2CCN(C(=O)CN)CC2)ccc1OCC1=C(c2cccc(-n3ncc(C(=O)O)c3C(F)(F)F)n2)CCCC1. The van der Waals surface area contributed by atoms with Gasteiger partial charge in [-0.2, -0.15) is 18.3 Å². The van der Waals surface area contributed by atoms with Crippen LogP contribution in [0.15, 0.2) is 48.2 Å². The summed E-state index contributed by atoms with van der Waals surface area (Å²) in [7, 11) is 0. The van der Waals surface area contributed by atoms with Gasteiger partial charge in [0.05, 0.1) is 18.4 Å². The van der Waals surface area contributed by atoms with Crippen LogP contribution in [0.1, 0.15) is 77.3 Å². The Bertz CT molecular complexity index is 1540. The standard InChI is InChI=1S/C31H34F3N5O4/c1-19-15-21(20-11-13-38(14-12-20)28(40)16-35)9-10-26(19)43-18-22-5-2-3-6-23(22)25-7-4-8-27(37-25)39-29(31(32,33)34)24(17-36-39)30(41)42/h4,7-10,15,17,20H,2-3,5-6,11-14,16,18,35H2,1H3,(H,41,42). The predicted molar refractivity (Wildman–Crippen MR) is 153 cm³/mol. The molecule has 0 spiro atoms. The van der Waals surface area contributed by atoms with E-state index in [1.54, 1.807) is 12.1 Å². The minimum absolute atomic E-state index is 0.0172. The number of aryl methyl sites for hydroxylation is 1. The van der Waals surface area contributed by atoms with Gasteiger partial charge in [-0.15, -0.1) is 0 Å². The Morgan fingerprint density at radius 3 is 2.53 bits per heavy atom. The number of carbonyl (C=O) groups is 2. The zero-order chi connectivity index (χ0) is 30.7. The number of alkyl halides is 3. The van der Waals surface area contributed by atoms with Gasteiger partial charge in [0.1, 0.15) is 17.9 Å². The van der Waals surface area contributed by atoms with Crippen molar-refractivity contribution < 1.29 is 32.6 Å². The summed E-state index contributed by atoms with van der Waals surface area (Å²) in [5.41, 5.74) is 7.87. The van der Waals surface area contributed by atoms with Crippen molar-refractivity contribution in [2.75, 3.05) is 26.2 Å². The topological polar surface area (TPSA) is 124 Å². The lowest BCUT2D eigenvalue weighted by Gasteiger charge is -2.32. The number of carbonyl (C=O) groups excluding carboxylic acids is 1. The quantitative estimate of drug-likeness (QED) is 0.358. The maximum atomic E-state index is 13.8. The lowest BCUT2D eigenvalue weighted by atomic mass is 9.88. The monoisotopic (exact) mass is 597 g/mol. The molecule has 3 heterocycles. The van der Waals surface area contributed by atoms with E-state index in [1.807, 2.05) is 17.9 Å². The third kappa shape index (κ3) is 6.58. The molecule has 0 radical (unpaired) electrons. The third-order valence-corrected chi connectivity index (χ3v) is 8.21. The minimum atomic E-state index is -4.93. The molecular weight excluding hydrogens is 563 g/mol. The number of benzene rings is 1. The molecule has 1 amide bonds. The van der Waals surface area contributed by atoms with Crippen molar-refractivity contribution in [3.8, 4) is 11.6 Å². The van der Waals surface area contributed by atoms with Crippen LogP contribution in [0.25, 0.3) is 11.4 Å². The molecule has 2 aromatic heterocycles. The molecule has 0 bridgehead atoms. The fourth-order valence-electron chi connectivity index (χ4n) is 5.94. The highest BCUT2D eigenvalue weighted by atomic mass is 19.4. The smallest absolute Gasteiger partial charge is 0.434 e. The summed E-state index contributed by atoms with van der Waals surface area (Å²) >= 11 is 0. The number of amides is 1. The van der Waals surface area contributed by atoms with Gasteiger partial charge in [0.2, 0.25) is 5.91 Å². The number of aromatic carboxylic acids is 1. The second-order valence-corrected chi connectivity index (χ2v) is 11.0. The van der Waals surface area contributed by atoms with Gasteiger partial charge in [0.15, 0.2) is 11.5 Å². The maximum Gasteiger partial charge on any atom is 0.434 e. The second kappa shape index (κ2) is 12.6. The van der Waals surface area contributed by atoms with Crippen LogP contribution in [0.4, 0.5) is 13.2 Å². The van der Waals surface area contributed by atoms with Gasteiger partial charge in [-0.3, -0.25) is 4.79 Å². The molecule has 9 nitrogen and oxygen atoms in total. The summed E-state index contributed by atoms with van der Waals surface area (Å²) in [5, 5.41) is 13.0. The van der Waals surface area contributed by atoms with Crippen LogP contribution in [0.3, 0.4) is 0 Å². The molecule has 43 heavy (non-hydrogen) atoms. The highest BCUT2D eigenvalue weighted by Gasteiger charge is 2.41. The number of piperidine rings is 1. The number of rotatable bonds is 8. The highest BCUT2D eigenvalue weighted by molar-refractivity contribution is 5.89. The van der Waals surface area contributed by atoms with Gasteiger partial charge in [0, 0.05) is 13.1 Å². The van der Waals surface area contributed by atoms with E-state index in [1.165, 1.54) is 11.6 Å². The Kier molecular flexibility index (Phi) is 8.86. The van der Waals surface area contributed by atoms with Crippen molar-refractivity contribution >= 4 is 17.4 Å². The number of hydrogen-bond donors (Lipinski definition) is 2. The number of carboxylic acid groups (broad SMARTS) is 1. The molecule has 2 aliphatic rings. The number of hydrogen-bond acceptors (Lipinski definition) is 6. The van der Waals surface area contributed by atoms with Crippen molar-refractivity contribution in [2.45, 2.75) is 57.5 Å². The Balaban J connectivity index is 1.34. The molecule has 5 rings (SSSR count). The summed E-state index contributed by atoms with van der Waals surface area (Å²) in [4.78, 5) is 29.6. The van der Waals surface area contributed by atoms with Gasteiger partial charge in [-0.05, 0) is 91.8 Å². The van der Waals surface area contributed by atoms with Crippen LogP contribution in [0, 0.1) is 6.92 Å². The van der Waals surface area contributed by atoms with Crippen LogP contribution in [0.5, 0.6) is 5.75 Å². The van der Waals surface area contributed by atoms with E-state index in [0.29, 0.717) is 48.6 Å². The fraction of sp³-hybridized carbons (Fsp3) is 0.419. The molecule has 1 fully saturated rings. The molecule has 12 heteroatoms. The molecule has 1 aliphatic carbocycles. The molecule has 0 saturated carbocycles. The number of allylic oxidation sites excluding steroid dienone is 1. The first-order valence-electron chi connectivity index (χ1n) is 14.3. The summed E-state index contributed by atoms with van der Waals surface area (Å²) in [6.45, 7) is 3.75. The molecule has 3 aromatic rings. The highest BCUT2D eigenvalue weighted by Crippen LogP contribution is 2.36. The normalized spacial score (nSPS) is 16.4. The van der Waals surface area contributed by atoms with Crippen molar-refractivity contribution in [2.24, 2.45) is 5.73 Å². The zero-order valence-electron chi connectivity index (χ0n) is 23.9. The van der Waals surface area contributed by atoms with Gasteiger partial charge in [-0.25, -0.2) is 14.5 Å². The van der Waals surface area contributed by atoms with E-state index in [2.05, 4.69) is 22.2 Å². The number of aromatic nitrogens is 3. The van der Waals surface area contributed by atoms with Crippen molar-refractivity contribution in [1.82, 2.24) is 19.7 Å². The third-order valence-electron chi connectivity index (χ3n) is 8.21. The number of nitrogens with two attached hydrogens (primary N) is 1. The molecule has 228 valence electrons. The first-order valence-corrected chi connectivity index (χ1v) is 14.3. The fourth-order valence-corrected chi connectivity index (χ4v) is 5.94. The summed E-state index contributed by atoms with van der Waals surface area (Å²) < 4.78 is 48.2. The van der Waals surface area contributed by atoms with Crippen LogP contribution in [0.2, 0.25) is 0 Å². The molecule has 3 N–H and O–H groups in total. The molecular formula is C31H34F3N5O4. The summed E-state index contributed by atoms with van der Waals surface area (Å²) in [6, 6.07) is 10.9. The second-order valence-electron chi connectivity index (χ2n) is 11.0. The van der Waals surface area contributed by atoms with Crippen LogP contribution >= 0.6 is 0 Å². The minimum Gasteiger partial charge on any atom is -0.489 e. The Hall–Kier alpha value is -4.19. The number of likely N-dealkylation sites (tertiary alicyclic amines) is 1. The average Bonchev–Trinajstić information content (AvgIpc) is 3.47. The number of halogens is 3. The first-order chi connectivity index (χ1) is 20.6. The molecule has 0 atom stereocenters. The lowest BCUT2D eigenvalue weighted by Crippen LogP contribution is -2.41. The van der Waals surface area contributed by atoms with Crippen molar-refractivity contribution in [1.29, 1.82) is 0 Å². The average molecular weight is 598 g/mol. The van der Waals surface area contributed by atoms with Gasteiger partial charge in [-0.1, -0.05) is 18.2 Å². The lowest BCUT2D eigenvalue weighted by molar-refractivity contribution is -0.143. The first kappa shape index (κ1) is 30.3. The zero-order valence-corrected chi connectivity index (χ0v) is 23.9. The van der Waals surface area contributed by atoms with E-state index in [-0.39, 0.29) is 18.3 Å². The molecule has 1 aliphatic heterocycles. The van der Waals surface area contributed by atoms with E-state index in [9.17, 15) is 27.9 Å². The summed E-state index contributed by atoms with van der Waals surface area (Å²) in [5.74, 6) is -0.723. The van der Waals surface area contributed by atoms with Crippen molar-refractivity contribution in [3.05, 3.63) is 76.2 Å². The van der Waals surface area contributed by atoms with Crippen LogP contribution < -0.4 is 10.5 Å². The molecule has 0 unspecified atom stereocenters.